The first kappa shape index (κ1) is 12.9. The average molecular weight is 187 g/mol. The van der Waals surface area contributed by atoms with Gasteiger partial charge in [-0.3, -0.25) is 0 Å². The molecule has 13 heavy (non-hydrogen) atoms. The number of ether oxygens (including phenoxy) is 1. The second-order valence-corrected chi connectivity index (χ2v) is 3.93. The third-order valence-electron chi connectivity index (χ3n) is 2.36. The van der Waals surface area contributed by atoms with Crippen molar-refractivity contribution >= 4 is 0 Å². The van der Waals surface area contributed by atoms with Crippen LogP contribution >= 0.6 is 0 Å². The van der Waals surface area contributed by atoms with Crippen LogP contribution in [0.1, 0.15) is 41.0 Å². The summed E-state index contributed by atoms with van der Waals surface area (Å²) >= 11 is 0. The van der Waals surface area contributed by atoms with Gasteiger partial charge in [-0.25, -0.2) is 0 Å². The minimum Gasteiger partial charge on any atom is -0.377 e. The van der Waals surface area contributed by atoms with Crippen LogP contribution in [0.2, 0.25) is 0 Å². The van der Waals surface area contributed by atoms with Gasteiger partial charge in [0, 0.05) is 19.2 Å². The fourth-order valence-electron chi connectivity index (χ4n) is 1.51. The lowest BCUT2D eigenvalue weighted by Crippen LogP contribution is -2.38. The highest BCUT2D eigenvalue weighted by molar-refractivity contribution is 4.69. The quantitative estimate of drug-likeness (QED) is 0.661. The van der Waals surface area contributed by atoms with E-state index in [1.165, 1.54) is 6.42 Å². The molecule has 1 N–H and O–H groups in total. The average Bonchev–Trinajstić information content (AvgIpc) is 2.05. The Morgan fingerprint density at radius 1 is 1.15 bits per heavy atom. The minimum atomic E-state index is 0.331. The van der Waals surface area contributed by atoms with Crippen LogP contribution in [0.25, 0.3) is 0 Å². The Hall–Kier alpha value is -0.0800. The molecular formula is C11H25NO. The van der Waals surface area contributed by atoms with Crippen molar-refractivity contribution in [3.63, 3.8) is 0 Å². The summed E-state index contributed by atoms with van der Waals surface area (Å²) in [6, 6.07) is 0.628. The SMILES string of the molecule is CCOC(C)CNC(CC)C(C)C. The van der Waals surface area contributed by atoms with Gasteiger partial charge in [0.2, 0.25) is 0 Å². The van der Waals surface area contributed by atoms with Crippen LogP contribution in [-0.4, -0.2) is 25.3 Å². The van der Waals surface area contributed by atoms with E-state index in [-0.39, 0.29) is 0 Å². The van der Waals surface area contributed by atoms with Gasteiger partial charge < -0.3 is 10.1 Å². The summed E-state index contributed by atoms with van der Waals surface area (Å²) < 4.78 is 5.45. The molecule has 2 heteroatoms. The van der Waals surface area contributed by atoms with Crippen LogP contribution in [0.3, 0.4) is 0 Å². The number of hydrogen-bond acceptors (Lipinski definition) is 2. The molecule has 0 spiro atoms. The van der Waals surface area contributed by atoms with Crippen molar-refractivity contribution in [3.8, 4) is 0 Å². The van der Waals surface area contributed by atoms with E-state index < -0.39 is 0 Å². The van der Waals surface area contributed by atoms with Crippen LogP contribution in [0.4, 0.5) is 0 Å². The molecule has 0 rings (SSSR count). The maximum absolute atomic E-state index is 5.45. The Labute approximate surface area is 83.1 Å². The molecule has 2 unspecified atom stereocenters. The molecule has 0 bridgehead atoms. The highest BCUT2D eigenvalue weighted by Gasteiger charge is 2.11. The van der Waals surface area contributed by atoms with E-state index in [1.54, 1.807) is 0 Å². The molecule has 0 radical (unpaired) electrons. The van der Waals surface area contributed by atoms with Crippen molar-refractivity contribution in [2.45, 2.75) is 53.2 Å². The Morgan fingerprint density at radius 2 is 1.77 bits per heavy atom. The summed E-state index contributed by atoms with van der Waals surface area (Å²) in [7, 11) is 0. The molecular weight excluding hydrogens is 162 g/mol. The van der Waals surface area contributed by atoms with Crippen molar-refractivity contribution in [2.24, 2.45) is 5.92 Å². The van der Waals surface area contributed by atoms with E-state index in [0.717, 1.165) is 13.2 Å². The zero-order valence-electron chi connectivity index (χ0n) is 9.76. The molecule has 0 aromatic carbocycles. The molecule has 2 atom stereocenters. The highest BCUT2D eigenvalue weighted by Crippen LogP contribution is 2.05. The first-order valence-corrected chi connectivity index (χ1v) is 5.46. The van der Waals surface area contributed by atoms with Crippen LogP contribution in [0.5, 0.6) is 0 Å². The Kier molecular flexibility index (Phi) is 7.29. The van der Waals surface area contributed by atoms with E-state index in [2.05, 4.69) is 33.0 Å². The number of nitrogens with one attached hydrogen (secondary N) is 1. The maximum atomic E-state index is 5.45. The summed E-state index contributed by atoms with van der Waals surface area (Å²) in [5.41, 5.74) is 0. The zero-order valence-corrected chi connectivity index (χ0v) is 9.76. The molecule has 0 saturated carbocycles. The number of hydrogen-bond donors (Lipinski definition) is 1. The first-order valence-electron chi connectivity index (χ1n) is 5.46. The van der Waals surface area contributed by atoms with E-state index in [9.17, 15) is 0 Å². The topological polar surface area (TPSA) is 21.3 Å². The molecule has 0 aliphatic carbocycles. The highest BCUT2D eigenvalue weighted by atomic mass is 16.5. The molecule has 2 nitrogen and oxygen atoms in total. The van der Waals surface area contributed by atoms with E-state index in [0.29, 0.717) is 18.1 Å². The fourth-order valence-corrected chi connectivity index (χ4v) is 1.51. The molecule has 0 fully saturated rings. The van der Waals surface area contributed by atoms with Gasteiger partial charge in [0.15, 0.2) is 0 Å². The fraction of sp³-hybridized carbons (Fsp3) is 1.00. The Bertz CT molecular complexity index is 115. The van der Waals surface area contributed by atoms with Gasteiger partial charge in [0.05, 0.1) is 6.10 Å². The number of rotatable bonds is 7. The lowest BCUT2D eigenvalue weighted by molar-refractivity contribution is 0.0724. The van der Waals surface area contributed by atoms with E-state index >= 15 is 0 Å². The predicted molar refractivity (Wildman–Crippen MR) is 58.0 cm³/mol. The lowest BCUT2D eigenvalue weighted by atomic mass is 10.0. The van der Waals surface area contributed by atoms with Crippen LogP contribution in [0, 0.1) is 5.92 Å². The zero-order chi connectivity index (χ0) is 10.3. The molecule has 0 saturated heterocycles. The second kappa shape index (κ2) is 7.34. The molecule has 0 aromatic heterocycles. The summed E-state index contributed by atoms with van der Waals surface area (Å²) in [5, 5.41) is 3.53. The maximum Gasteiger partial charge on any atom is 0.0671 e. The monoisotopic (exact) mass is 187 g/mol. The smallest absolute Gasteiger partial charge is 0.0671 e. The normalized spacial score (nSPS) is 16.2. The van der Waals surface area contributed by atoms with Gasteiger partial charge in [-0.2, -0.15) is 0 Å². The first-order chi connectivity index (χ1) is 6.11. The largest absolute Gasteiger partial charge is 0.377 e. The van der Waals surface area contributed by atoms with Crippen molar-refractivity contribution in [3.05, 3.63) is 0 Å². The second-order valence-electron chi connectivity index (χ2n) is 3.93. The molecule has 0 amide bonds. The third-order valence-corrected chi connectivity index (χ3v) is 2.36. The van der Waals surface area contributed by atoms with Gasteiger partial charge in [-0.15, -0.1) is 0 Å². The molecule has 0 heterocycles. The van der Waals surface area contributed by atoms with Gasteiger partial charge in [0.25, 0.3) is 0 Å². The molecule has 0 aromatic rings. The summed E-state index contributed by atoms with van der Waals surface area (Å²) in [4.78, 5) is 0. The summed E-state index contributed by atoms with van der Waals surface area (Å²) in [6.45, 7) is 12.7. The van der Waals surface area contributed by atoms with Gasteiger partial charge >= 0.3 is 0 Å². The van der Waals surface area contributed by atoms with Gasteiger partial charge in [-0.1, -0.05) is 20.8 Å². The predicted octanol–water partition coefficient (Wildman–Crippen LogP) is 2.44. The van der Waals surface area contributed by atoms with Crippen LogP contribution in [-0.2, 0) is 4.74 Å². The molecule has 0 aliphatic rings. The van der Waals surface area contributed by atoms with Crippen molar-refractivity contribution < 1.29 is 4.74 Å². The Morgan fingerprint density at radius 3 is 2.15 bits per heavy atom. The van der Waals surface area contributed by atoms with E-state index in [4.69, 9.17) is 4.74 Å². The van der Waals surface area contributed by atoms with Crippen molar-refractivity contribution in [1.82, 2.24) is 5.32 Å². The molecule has 0 aliphatic heterocycles. The standard InChI is InChI=1S/C11H25NO/c1-6-11(9(3)4)12-8-10(5)13-7-2/h9-12H,6-8H2,1-5H3. The summed E-state index contributed by atoms with van der Waals surface area (Å²) in [5.74, 6) is 0.707. The van der Waals surface area contributed by atoms with Gasteiger partial charge in [-0.05, 0) is 26.2 Å². The third kappa shape index (κ3) is 6.05. The summed E-state index contributed by atoms with van der Waals surface area (Å²) in [6.07, 6.45) is 1.52. The molecule has 80 valence electrons. The Balaban J connectivity index is 3.59. The van der Waals surface area contributed by atoms with Crippen LogP contribution < -0.4 is 5.32 Å². The van der Waals surface area contributed by atoms with Crippen LogP contribution in [0.15, 0.2) is 0 Å². The van der Waals surface area contributed by atoms with E-state index in [1.807, 2.05) is 6.92 Å². The van der Waals surface area contributed by atoms with Crippen molar-refractivity contribution in [2.75, 3.05) is 13.2 Å². The van der Waals surface area contributed by atoms with Crippen molar-refractivity contribution in [1.29, 1.82) is 0 Å². The minimum absolute atomic E-state index is 0.331. The lowest BCUT2D eigenvalue weighted by Gasteiger charge is -2.23. The van der Waals surface area contributed by atoms with Gasteiger partial charge in [0.1, 0.15) is 0 Å².